The molecule has 0 fully saturated rings. The van der Waals surface area contributed by atoms with Crippen molar-refractivity contribution in [2.45, 2.75) is 20.4 Å². The van der Waals surface area contributed by atoms with E-state index < -0.39 is 0 Å². The van der Waals surface area contributed by atoms with Crippen LogP contribution in [0.3, 0.4) is 0 Å². The molecule has 1 amide bonds. The number of nitrogens with zero attached hydrogens (tertiary/aromatic N) is 4. The number of carbonyl (C=O) groups is 1. The van der Waals surface area contributed by atoms with Crippen LogP contribution >= 0.6 is 11.3 Å². The molecule has 2 aromatic carbocycles. The minimum atomic E-state index is -0.167. The number of thiazole rings is 1. The van der Waals surface area contributed by atoms with Crippen molar-refractivity contribution in [1.29, 1.82) is 0 Å². The minimum absolute atomic E-state index is 0.167. The first-order valence-electron chi connectivity index (χ1n) is 10.8. The summed E-state index contributed by atoms with van der Waals surface area (Å²) in [5.74, 6) is 0.654. The second-order valence-electron chi connectivity index (χ2n) is 7.54. The van der Waals surface area contributed by atoms with Gasteiger partial charge in [-0.15, -0.1) is 0 Å². The van der Waals surface area contributed by atoms with E-state index in [0.717, 1.165) is 41.6 Å². The van der Waals surface area contributed by atoms with Gasteiger partial charge in [-0.1, -0.05) is 67.6 Å². The highest BCUT2D eigenvalue weighted by Crippen LogP contribution is 2.38. The van der Waals surface area contributed by atoms with Crippen LogP contribution in [-0.2, 0) is 13.6 Å². The summed E-state index contributed by atoms with van der Waals surface area (Å²) in [6, 6.07) is 17.8. The average molecular weight is 446 g/mol. The van der Waals surface area contributed by atoms with E-state index >= 15 is 0 Å². The zero-order chi connectivity index (χ0) is 22.5. The number of carbonyl (C=O) groups excluding carboxylic acids is 1. The van der Waals surface area contributed by atoms with E-state index in [0.29, 0.717) is 10.7 Å². The Morgan fingerprint density at radius 3 is 2.41 bits per heavy atom. The summed E-state index contributed by atoms with van der Waals surface area (Å²) >= 11 is 1.43. The lowest BCUT2D eigenvalue weighted by atomic mass is 10.1. The Morgan fingerprint density at radius 1 is 1.06 bits per heavy atom. The third kappa shape index (κ3) is 4.79. The molecule has 7 heteroatoms. The molecule has 0 saturated carbocycles. The highest BCUT2D eigenvalue weighted by Gasteiger charge is 2.19. The molecule has 0 aliphatic heterocycles. The molecule has 0 saturated heterocycles. The quantitative estimate of drug-likeness (QED) is 0.399. The summed E-state index contributed by atoms with van der Waals surface area (Å²) in [6.07, 6.45) is 3.67. The van der Waals surface area contributed by atoms with Crippen molar-refractivity contribution < 1.29 is 4.79 Å². The predicted molar refractivity (Wildman–Crippen MR) is 131 cm³/mol. The molecule has 0 aliphatic carbocycles. The molecule has 6 nitrogen and oxygen atoms in total. The molecule has 0 radical (unpaired) electrons. The van der Waals surface area contributed by atoms with Gasteiger partial charge in [-0.3, -0.25) is 15.0 Å². The molecule has 2 heterocycles. The van der Waals surface area contributed by atoms with Crippen molar-refractivity contribution in [1.82, 2.24) is 19.4 Å². The van der Waals surface area contributed by atoms with Gasteiger partial charge in [-0.2, -0.15) is 0 Å². The number of aryl methyl sites for hydroxylation is 1. The Morgan fingerprint density at radius 2 is 1.78 bits per heavy atom. The molecule has 0 unspecified atom stereocenters. The number of imidazole rings is 1. The molecule has 0 spiro atoms. The third-order valence-corrected chi connectivity index (χ3v) is 6.40. The minimum Gasteiger partial charge on any atom is -0.333 e. The molecule has 0 aliphatic rings. The van der Waals surface area contributed by atoms with E-state index in [-0.39, 0.29) is 5.91 Å². The maximum atomic E-state index is 12.9. The lowest BCUT2D eigenvalue weighted by Gasteiger charge is -2.17. The Hall–Kier alpha value is -3.29. The molecule has 0 atom stereocenters. The maximum absolute atomic E-state index is 12.9. The number of rotatable bonds is 8. The first kappa shape index (κ1) is 21.9. The van der Waals surface area contributed by atoms with E-state index in [1.54, 1.807) is 6.20 Å². The number of hydrogen-bond acceptors (Lipinski definition) is 5. The van der Waals surface area contributed by atoms with Crippen LogP contribution < -0.4 is 5.32 Å². The van der Waals surface area contributed by atoms with Crippen LogP contribution in [0, 0.1) is 0 Å². The highest BCUT2D eigenvalue weighted by atomic mass is 32.1. The van der Waals surface area contributed by atoms with Crippen molar-refractivity contribution in [3.05, 3.63) is 78.1 Å². The van der Waals surface area contributed by atoms with E-state index in [1.165, 1.54) is 16.9 Å². The van der Waals surface area contributed by atoms with E-state index in [9.17, 15) is 4.79 Å². The topological polar surface area (TPSA) is 63.1 Å². The fourth-order valence-corrected chi connectivity index (χ4v) is 4.56. The lowest BCUT2D eigenvalue weighted by Crippen LogP contribution is -2.22. The SMILES string of the molecule is CCN(CC)Cc1ccc(C(=O)Nc2nc(-c3ccccc3)c(-c3nccn3C)s2)cc1. The van der Waals surface area contributed by atoms with E-state index in [4.69, 9.17) is 4.98 Å². The monoisotopic (exact) mass is 445 g/mol. The van der Waals surface area contributed by atoms with Crippen LogP contribution in [0.5, 0.6) is 0 Å². The fourth-order valence-electron chi connectivity index (χ4n) is 3.54. The molecule has 0 bridgehead atoms. The van der Waals surface area contributed by atoms with Crippen molar-refractivity contribution in [3.8, 4) is 22.0 Å². The molecular weight excluding hydrogens is 418 g/mol. The van der Waals surface area contributed by atoms with Gasteiger partial charge in [0.2, 0.25) is 0 Å². The van der Waals surface area contributed by atoms with Gasteiger partial charge in [0.05, 0.1) is 10.6 Å². The van der Waals surface area contributed by atoms with Gasteiger partial charge in [0.1, 0.15) is 0 Å². The molecular formula is C25H27N5OS. The summed E-state index contributed by atoms with van der Waals surface area (Å²) in [5, 5.41) is 3.53. The summed E-state index contributed by atoms with van der Waals surface area (Å²) in [5.41, 5.74) is 3.61. The smallest absolute Gasteiger partial charge is 0.257 e. The summed E-state index contributed by atoms with van der Waals surface area (Å²) < 4.78 is 1.96. The zero-order valence-corrected chi connectivity index (χ0v) is 19.4. The molecule has 2 aromatic heterocycles. The second kappa shape index (κ2) is 9.89. The van der Waals surface area contributed by atoms with Gasteiger partial charge in [-0.05, 0) is 30.8 Å². The molecule has 4 aromatic rings. The molecule has 164 valence electrons. The average Bonchev–Trinajstić information content (AvgIpc) is 3.44. The highest BCUT2D eigenvalue weighted by molar-refractivity contribution is 7.19. The van der Waals surface area contributed by atoms with Crippen LogP contribution in [0.15, 0.2) is 67.0 Å². The van der Waals surface area contributed by atoms with Crippen LogP contribution in [0.2, 0.25) is 0 Å². The second-order valence-corrected chi connectivity index (χ2v) is 8.54. The Kier molecular flexibility index (Phi) is 6.78. The largest absolute Gasteiger partial charge is 0.333 e. The Balaban J connectivity index is 1.57. The molecule has 32 heavy (non-hydrogen) atoms. The fraction of sp³-hybridized carbons (Fsp3) is 0.240. The van der Waals surface area contributed by atoms with Gasteiger partial charge in [0, 0.05) is 37.1 Å². The van der Waals surface area contributed by atoms with Crippen LogP contribution in [0.4, 0.5) is 5.13 Å². The Labute approximate surface area is 192 Å². The van der Waals surface area contributed by atoms with Gasteiger partial charge in [-0.25, -0.2) is 9.97 Å². The van der Waals surface area contributed by atoms with E-state index in [2.05, 4.69) is 29.0 Å². The van der Waals surface area contributed by atoms with Crippen LogP contribution in [-0.4, -0.2) is 38.4 Å². The van der Waals surface area contributed by atoms with Gasteiger partial charge >= 0.3 is 0 Å². The molecule has 4 rings (SSSR count). The number of aromatic nitrogens is 3. The van der Waals surface area contributed by atoms with Gasteiger partial charge in [0.25, 0.3) is 5.91 Å². The van der Waals surface area contributed by atoms with Crippen molar-refractivity contribution in [3.63, 3.8) is 0 Å². The lowest BCUT2D eigenvalue weighted by molar-refractivity contribution is 0.102. The summed E-state index contributed by atoms with van der Waals surface area (Å²) in [7, 11) is 1.95. The van der Waals surface area contributed by atoms with Gasteiger partial charge < -0.3 is 4.57 Å². The van der Waals surface area contributed by atoms with Crippen molar-refractivity contribution >= 4 is 22.4 Å². The summed E-state index contributed by atoms with van der Waals surface area (Å²) in [4.78, 5) is 25.4. The molecule has 1 N–H and O–H groups in total. The van der Waals surface area contributed by atoms with Gasteiger partial charge in [0.15, 0.2) is 11.0 Å². The first-order chi connectivity index (χ1) is 15.6. The zero-order valence-electron chi connectivity index (χ0n) is 18.6. The number of nitrogens with one attached hydrogen (secondary N) is 1. The third-order valence-electron chi connectivity index (χ3n) is 5.44. The van der Waals surface area contributed by atoms with E-state index in [1.807, 2.05) is 72.4 Å². The number of amides is 1. The van der Waals surface area contributed by atoms with Crippen molar-refractivity contribution in [2.75, 3.05) is 18.4 Å². The van der Waals surface area contributed by atoms with Crippen molar-refractivity contribution in [2.24, 2.45) is 7.05 Å². The normalized spacial score (nSPS) is 11.1. The standard InChI is InChI=1S/C25H27N5OS/c1-4-30(5-2)17-18-11-13-20(14-12-18)24(31)28-25-27-21(19-9-7-6-8-10-19)22(32-25)23-26-15-16-29(23)3/h6-16H,4-5,17H2,1-3H3,(H,27,28,31). The van der Waals surface area contributed by atoms with Crippen LogP contribution in [0.1, 0.15) is 29.8 Å². The number of hydrogen-bond donors (Lipinski definition) is 1. The number of benzene rings is 2. The maximum Gasteiger partial charge on any atom is 0.257 e. The number of anilines is 1. The predicted octanol–water partition coefficient (Wildman–Crippen LogP) is 5.30. The van der Waals surface area contributed by atoms with Crippen LogP contribution in [0.25, 0.3) is 22.0 Å². The first-order valence-corrected chi connectivity index (χ1v) is 11.6. The Bertz CT molecular complexity index is 1180. The summed E-state index contributed by atoms with van der Waals surface area (Å²) in [6.45, 7) is 7.20.